The second kappa shape index (κ2) is 7.62. The van der Waals surface area contributed by atoms with E-state index in [2.05, 4.69) is 4.98 Å². The molecule has 0 aliphatic rings. The summed E-state index contributed by atoms with van der Waals surface area (Å²) in [5.41, 5.74) is 3.21. The van der Waals surface area contributed by atoms with Crippen LogP contribution in [0.5, 0.6) is 0 Å². The van der Waals surface area contributed by atoms with Gasteiger partial charge in [0.2, 0.25) is 0 Å². The van der Waals surface area contributed by atoms with E-state index in [1.807, 2.05) is 93.7 Å². The normalized spacial score (nSPS) is 12.4. The van der Waals surface area contributed by atoms with Crippen LogP contribution >= 0.6 is 0 Å². The number of hydrogen-bond acceptors (Lipinski definition) is 2. The molecule has 0 aliphatic carbocycles. The first kappa shape index (κ1) is 18.6. The fraction of sp³-hybridized carbons (Fsp3) is 0.217. The Balaban J connectivity index is 2.16. The Kier molecular flexibility index (Phi) is 5.26. The highest BCUT2D eigenvalue weighted by molar-refractivity contribution is 5.69. The zero-order valence-electron chi connectivity index (χ0n) is 15.8. The highest BCUT2D eigenvalue weighted by Crippen LogP contribution is 2.35. The predicted molar refractivity (Wildman–Crippen MR) is 108 cm³/mol. The molecule has 1 atom stereocenters. The average molecular weight is 360 g/mol. The van der Waals surface area contributed by atoms with Crippen molar-refractivity contribution >= 4 is 6.09 Å². The molecule has 0 saturated heterocycles. The van der Waals surface area contributed by atoms with E-state index in [-0.39, 0.29) is 0 Å². The van der Waals surface area contributed by atoms with E-state index >= 15 is 0 Å². The van der Waals surface area contributed by atoms with Crippen LogP contribution in [0.2, 0.25) is 0 Å². The molecule has 0 aliphatic heterocycles. The van der Waals surface area contributed by atoms with Crippen molar-refractivity contribution in [2.24, 2.45) is 0 Å². The monoisotopic (exact) mass is 360 g/mol. The van der Waals surface area contributed by atoms with Gasteiger partial charge >= 0.3 is 6.09 Å². The Bertz CT molecular complexity index is 902. The summed E-state index contributed by atoms with van der Waals surface area (Å²) in [7, 11) is 0. The van der Waals surface area contributed by atoms with E-state index in [4.69, 9.17) is 0 Å². The molecule has 0 bridgehead atoms. The van der Waals surface area contributed by atoms with Gasteiger partial charge in [-0.1, -0.05) is 60.7 Å². The predicted octanol–water partition coefficient (Wildman–Crippen LogP) is 5.62. The summed E-state index contributed by atoms with van der Waals surface area (Å²) in [5.74, 6) is 0. The van der Waals surface area contributed by atoms with Gasteiger partial charge in [-0.25, -0.2) is 4.79 Å². The maximum Gasteiger partial charge on any atom is 0.408 e. The van der Waals surface area contributed by atoms with Crippen molar-refractivity contribution in [1.29, 1.82) is 0 Å². The van der Waals surface area contributed by atoms with E-state index in [1.165, 1.54) is 4.90 Å². The third-order valence-corrected chi connectivity index (χ3v) is 4.48. The molecule has 1 aromatic heterocycles. The number of amides is 1. The van der Waals surface area contributed by atoms with Gasteiger partial charge in [-0.3, -0.25) is 9.88 Å². The van der Waals surface area contributed by atoms with Crippen LogP contribution in [0.25, 0.3) is 11.1 Å². The average Bonchev–Trinajstić information content (AvgIpc) is 2.66. The fourth-order valence-electron chi connectivity index (χ4n) is 3.31. The second-order valence-electron chi connectivity index (χ2n) is 7.51. The lowest BCUT2D eigenvalue weighted by Crippen LogP contribution is -2.47. The number of benzene rings is 2. The summed E-state index contributed by atoms with van der Waals surface area (Å²) in [4.78, 5) is 18.1. The molecule has 3 rings (SSSR count). The highest BCUT2D eigenvalue weighted by Gasteiger charge is 2.35. The molecule has 1 heterocycles. The quantitative estimate of drug-likeness (QED) is 0.657. The molecule has 1 amide bonds. The van der Waals surface area contributed by atoms with E-state index in [9.17, 15) is 9.90 Å². The van der Waals surface area contributed by atoms with E-state index < -0.39 is 17.7 Å². The number of aromatic nitrogens is 1. The minimum atomic E-state index is -0.957. The van der Waals surface area contributed by atoms with Gasteiger partial charge in [-0.05, 0) is 43.5 Å². The fourth-order valence-corrected chi connectivity index (χ4v) is 3.31. The van der Waals surface area contributed by atoms with Crippen molar-refractivity contribution in [2.75, 3.05) is 0 Å². The third kappa shape index (κ3) is 4.17. The lowest BCUT2D eigenvalue weighted by Gasteiger charge is -2.40. The molecule has 0 saturated carbocycles. The lowest BCUT2D eigenvalue weighted by molar-refractivity contribution is 0.0809. The molecule has 138 valence electrons. The SMILES string of the molecule is CC(C)(C)N(C(=O)O)C(c1ccccc1)c1cncc(-c2ccccc2)c1. The van der Waals surface area contributed by atoms with Crippen LogP contribution in [0.15, 0.2) is 79.1 Å². The highest BCUT2D eigenvalue weighted by atomic mass is 16.4. The summed E-state index contributed by atoms with van der Waals surface area (Å²) in [6.07, 6.45) is 2.61. The maximum atomic E-state index is 12.2. The summed E-state index contributed by atoms with van der Waals surface area (Å²) < 4.78 is 0. The van der Waals surface area contributed by atoms with E-state index in [1.54, 1.807) is 6.20 Å². The van der Waals surface area contributed by atoms with Gasteiger partial charge in [0, 0.05) is 23.5 Å². The van der Waals surface area contributed by atoms with Crippen LogP contribution in [0.3, 0.4) is 0 Å². The Morgan fingerprint density at radius 3 is 2.04 bits per heavy atom. The van der Waals surface area contributed by atoms with Gasteiger partial charge in [-0.15, -0.1) is 0 Å². The van der Waals surface area contributed by atoms with Gasteiger partial charge in [0.05, 0.1) is 6.04 Å². The number of carbonyl (C=O) groups is 1. The summed E-state index contributed by atoms with van der Waals surface area (Å²) in [6.45, 7) is 5.72. The Morgan fingerprint density at radius 1 is 0.889 bits per heavy atom. The molecule has 3 aromatic rings. The molecule has 1 N–H and O–H groups in total. The van der Waals surface area contributed by atoms with Crippen LogP contribution in [0.4, 0.5) is 4.79 Å². The zero-order chi connectivity index (χ0) is 19.4. The van der Waals surface area contributed by atoms with Gasteiger partial charge in [0.1, 0.15) is 0 Å². The van der Waals surface area contributed by atoms with Gasteiger partial charge in [0.15, 0.2) is 0 Å². The standard InChI is InChI=1S/C23H24N2O2/c1-23(2,3)25(22(26)27)21(18-12-8-5-9-13-18)20-14-19(15-24-16-20)17-10-6-4-7-11-17/h4-16,21H,1-3H3,(H,26,27). The molecule has 27 heavy (non-hydrogen) atoms. The minimum Gasteiger partial charge on any atom is -0.465 e. The van der Waals surface area contributed by atoms with Crippen LogP contribution in [-0.2, 0) is 0 Å². The molecule has 1 unspecified atom stereocenters. The molecule has 0 spiro atoms. The summed E-state index contributed by atoms with van der Waals surface area (Å²) >= 11 is 0. The first-order valence-corrected chi connectivity index (χ1v) is 8.95. The Morgan fingerprint density at radius 2 is 1.48 bits per heavy atom. The molecular formula is C23H24N2O2. The topological polar surface area (TPSA) is 53.4 Å². The lowest BCUT2D eigenvalue weighted by atomic mass is 9.92. The van der Waals surface area contributed by atoms with Gasteiger partial charge in [0.25, 0.3) is 0 Å². The van der Waals surface area contributed by atoms with Gasteiger partial charge < -0.3 is 5.11 Å². The molecule has 0 radical (unpaired) electrons. The molecule has 4 nitrogen and oxygen atoms in total. The van der Waals surface area contributed by atoms with Crippen molar-refractivity contribution in [3.8, 4) is 11.1 Å². The summed E-state index contributed by atoms with van der Waals surface area (Å²) in [5, 5.41) is 9.99. The van der Waals surface area contributed by atoms with E-state index in [0.29, 0.717) is 0 Å². The molecule has 4 heteroatoms. The number of carboxylic acid groups (broad SMARTS) is 1. The van der Waals surface area contributed by atoms with Gasteiger partial charge in [-0.2, -0.15) is 0 Å². The first-order chi connectivity index (χ1) is 12.9. The van der Waals surface area contributed by atoms with Crippen LogP contribution in [0, 0.1) is 0 Å². The smallest absolute Gasteiger partial charge is 0.408 e. The largest absolute Gasteiger partial charge is 0.465 e. The van der Waals surface area contributed by atoms with Crippen molar-refractivity contribution < 1.29 is 9.90 Å². The number of rotatable bonds is 4. The third-order valence-electron chi connectivity index (χ3n) is 4.48. The van der Waals surface area contributed by atoms with Crippen molar-refractivity contribution in [3.05, 3.63) is 90.3 Å². The van der Waals surface area contributed by atoms with Crippen molar-refractivity contribution in [3.63, 3.8) is 0 Å². The van der Waals surface area contributed by atoms with Crippen molar-refractivity contribution in [2.45, 2.75) is 32.4 Å². The van der Waals surface area contributed by atoms with Crippen LogP contribution in [0.1, 0.15) is 37.9 Å². The molecular weight excluding hydrogens is 336 g/mol. The first-order valence-electron chi connectivity index (χ1n) is 8.95. The minimum absolute atomic E-state index is 0.445. The Hall–Kier alpha value is -3.14. The van der Waals surface area contributed by atoms with Crippen LogP contribution in [-0.4, -0.2) is 26.6 Å². The molecule has 0 fully saturated rings. The zero-order valence-corrected chi connectivity index (χ0v) is 15.8. The number of pyridine rings is 1. The Labute approximate surface area is 160 Å². The van der Waals surface area contributed by atoms with E-state index in [0.717, 1.165) is 22.3 Å². The second-order valence-corrected chi connectivity index (χ2v) is 7.51. The molecule has 2 aromatic carbocycles. The number of nitrogens with zero attached hydrogens (tertiary/aromatic N) is 2. The number of hydrogen-bond donors (Lipinski definition) is 1. The summed E-state index contributed by atoms with van der Waals surface area (Å²) in [6, 6.07) is 21.3. The maximum absolute atomic E-state index is 12.2. The van der Waals surface area contributed by atoms with Crippen LogP contribution < -0.4 is 0 Å². The van der Waals surface area contributed by atoms with Crippen molar-refractivity contribution in [1.82, 2.24) is 9.88 Å².